The number of urea groups is 1. The van der Waals surface area contributed by atoms with Crippen molar-refractivity contribution in [2.75, 3.05) is 19.6 Å². The number of nitrogens with two attached hydrogens (primary N) is 1. The van der Waals surface area contributed by atoms with Gasteiger partial charge in [0.25, 0.3) is 0 Å². The Kier molecular flexibility index (Phi) is 5.55. The average Bonchev–Trinajstić information content (AvgIpc) is 3.14. The maximum Gasteiger partial charge on any atom is 0.317 e. The lowest BCUT2D eigenvalue weighted by atomic mass is 9.84. The third-order valence-corrected chi connectivity index (χ3v) is 5.43. The fourth-order valence-corrected chi connectivity index (χ4v) is 4.35. The highest BCUT2D eigenvalue weighted by molar-refractivity contribution is 5.85. The number of amides is 3. The van der Waals surface area contributed by atoms with Crippen LogP contribution < -0.4 is 16.4 Å². The molecule has 4 N–H and O–H groups in total. The minimum Gasteiger partial charge on any atom is -0.351 e. The van der Waals surface area contributed by atoms with Gasteiger partial charge in [-0.05, 0) is 44.4 Å². The van der Waals surface area contributed by atoms with Crippen LogP contribution in [0.1, 0.15) is 32.6 Å². The molecule has 0 aromatic carbocycles. The molecule has 1 aliphatic heterocycles. The molecule has 126 valence electrons. The Bertz CT molecular complexity index is 432. The first-order chi connectivity index (χ1) is 10.1. The molecule has 0 aromatic rings. The first-order valence-electron chi connectivity index (χ1n) is 8.19. The Morgan fingerprint density at radius 2 is 1.95 bits per heavy atom. The van der Waals surface area contributed by atoms with Gasteiger partial charge in [-0.15, -0.1) is 12.4 Å². The summed E-state index contributed by atoms with van der Waals surface area (Å²) in [5.41, 5.74) is 6.22. The number of halogens is 1. The van der Waals surface area contributed by atoms with E-state index in [1.54, 1.807) is 4.90 Å². The Labute approximate surface area is 138 Å². The number of fused-ring (bicyclic) bond motifs is 2. The van der Waals surface area contributed by atoms with E-state index in [0.717, 1.165) is 19.3 Å². The third kappa shape index (κ3) is 3.18. The molecule has 3 aliphatic rings. The van der Waals surface area contributed by atoms with E-state index >= 15 is 0 Å². The summed E-state index contributed by atoms with van der Waals surface area (Å²) in [6.45, 7) is 3.85. The van der Waals surface area contributed by atoms with E-state index in [2.05, 4.69) is 10.6 Å². The van der Waals surface area contributed by atoms with Gasteiger partial charge in [0.1, 0.15) is 0 Å². The second-order valence-corrected chi connectivity index (χ2v) is 6.71. The van der Waals surface area contributed by atoms with Crippen LogP contribution in [0.4, 0.5) is 4.79 Å². The van der Waals surface area contributed by atoms with Crippen molar-refractivity contribution in [3.8, 4) is 0 Å². The number of hydrogen-bond donors (Lipinski definition) is 3. The summed E-state index contributed by atoms with van der Waals surface area (Å²) >= 11 is 0. The molecule has 3 fully saturated rings. The van der Waals surface area contributed by atoms with Crippen LogP contribution in [0.3, 0.4) is 0 Å². The highest BCUT2D eigenvalue weighted by atomic mass is 35.5. The molecule has 7 heteroatoms. The zero-order valence-electron chi connectivity index (χ0n) is 13.1. The van der Waals surface area contributed by atoms with Gasteiger partial charge in [-0.3, -0.25) is 4.79 Å². The van der Waals surface area contributed by atoms with E-state index in [-0.39, 0.29) is 42.3 Å². The molecule has 0 spiro atoms. The number of nitrogens with one attached hydrogen (secondary N) is 2. The van der Waals surface area contributed by atoms with Crippen LogP contribution in [-0.4, -0.2) is 48.6 Å². The molecule has 2 bridgehead atoms. The first-order valence-corrected chi connectivity index (χ1v) is 8.19. The molecule has 3 rings (SSSR count). The number of hydrogen-bond acceptors (Lipinski definition) is 3. The Morgan fingerprint density at radius 3 is 2.59 bits per heavy atom. The predicted molar refractivity (Wildman–Crippen MR) is 86.7 cm³/mol. The zero-order chi connectivity index (χ0) is 15.0. The maximum atomic E-state index is 12.5. The molecule has 5 atom stereocenters. The van der Waals surface area contributed by atoms with Crippen LogP contribution in [0, 0.1) is 17.8 Å². The molecule has 1 heterocycles. The number of nitrogens with zero attached hydrogens (tertiary/aromatic N) is 1. The van der Waals surface area contributed by atoms with Crippen molar-refractivity contribution >= 4 is 24.3 Å². The van der Waals surface area contributed by atoms with Crippen LogP contribution in [-0.2, 0) is 4.79 Å². The van der Waals surface area contributed by atoms with Crippen LogP contribution in [0.2, 0.25) is 0 Å². The molecule has 2 aliphatic carbocycles. The van der Waals surface area contributed by atoms with Gasteiger partial charge in [0.2, 0.25) is 5.91 Å². The van der Waals surface area contributed by atoms with Crippen LogP contribution in [0.5, 0.6) is 0 Å². The highest BCUT2D eigenvalue weighted by Crippen LogP contribution is 2.47. The summed E-state index contributed by atoms with van der Waals surface area (Å²) in [6.07, 6.45) is 4.28. The monoisotopic (exact) mass is 330 g/mol. The van der Waals surface area contributed by atoms with E-state index in [0.29, 0.717) is 31.5 Å². The summed E-state index contributed by atoms with van der Waals surface area (Å²) in [5, 5.41) is 5.92. The zero-order valence-corrected chi connectivity index (χ0v) is 13.9. The third-order valence-electron chi connectivity index (χ3n) is 5.43. The Morgan fingerprint density at radius 1 is 1.23 bits per heavy atom. The van der Waals surface area contributed by atoms with Crippen molar-refractivity contribution in [1.29, 1.82) is 0 Å². The lowest BCUT2D eigenvalue weighted by Gasteiger charge is -2.28. The molecule has 22 heavy (non-hydrogen) atoms. The topological polar surface area (TPSA) is 87.5 Å². The highest BCUT2D eigenvalue weighted by Gasteiger charge is 2.49. The normalized spacial score (nSPS) is 36.1. The second kappa shape index (κ2) is 7.04. The van der Waals surface area contributed by atoms with Crippen molar-refractivity contribution in [3.63, 3.8) is 0 Å². The van der Waals surface area contributed by atoms with Crippen LogP contribution >= 0.6 is 12.4 Å². The van der Waals surface area contributed by atoms with Gasteiger partial charge >= 0.3 is 6.03 Å². The van der Waals surface area contributed by atoms with E-state index < -0.39 is 0 Å². The second-order valence-electron chi connectivity index (χ2n) is 6.71. The minimum atomic E-state index is -0.0362. The predicted octanol–water partition coefficient (Wildman–Crippen LogP) is 0.702. The standard InChI is InChI=1S/C15H26N4O2.ClH/c1-2-17-15(21)19-6-5-11(8-19)18-14(20)12-9-3-4-10(7-9)13(12)16;/h9-13H,2-8,16H2,1H3,(H,17,21)(H,18,20);1H. The van der Waals surface area contributed by atoms with Gasteiger partial charge in [-0.25, -0.2) is 4.79 Å². The summed E-state index contributed by atoms with van der Waals surface area (Å²) in [4.78, 5) is 26.0. The maximum absolute atomic E-state index is 12.5. The molecular weight excluding hydrogens is 304 g/mol. The summed E-state index contributed by atoms with van der Waals surface area (Å²) in [5.74, 6) is 1.12. The van der Waals surface area contributed by atoms with Gasteiger partial charge in [0.05, 0.1) is 5.92 Å². The van der Waals surface area contributed by atoms with E-state index in [1.165, 1.54) is 6.42 Å². The first kappa shape index (κ1) is 17.3. The summed E-state index contributed by atoms with van der Waals surface area (Å²) < 4.78 is 0. The number of carbonyl (C=O) groups excluding carboxylic acids is 2. The fraction of sp³-hybridized carbons (Fsp3) is 0.867. The Balaban J connectivity index is 0.00000176. The van der Waals surface area contributed by atoms with Crippen molar-refractivity contribution in [3.05, 3.63) is 0 Å². The fourth-order valence-electron chi connectivity index (χ4n) is 4.35. The van der Waals surface area contributed by atoms with Gasteiger partial charge in [-0.2, -0.15) is 0 Å². The van der Waals surface area contributed by atoms with Crippen molar-refractivity contribution in [2.45, 2.75) is 44.7 Å². The molecule has 6 nitrogen and oxygen atoms in total. The summed E-state index contributed by atoms with van der Waals surface area (Å²) in [7, 11) is 0. The van der Waals surface area contributed by atoms with Crippen LogP contribution in [0.25, 0.3) is 0 Å². The molecular formula is C15H27ClN4O2. The molecule has 1 saturated heterocycles. The van der Waals surface area contributed by atoms with Crippen molar-refractivity contribution in [2.24, 2.45) is 23.5 Å². The lowest BCUT2D eigenvalue weighted by molar-refractivity contribution is -0.127. The van der Waals surface area contributed by atoms with Gasteiger partial charge < -0.3 is 21.3 Å². The quantitative estimate of drug-likeness (QED) is 0.712. The number of likely N-dealkylation sites (tertiary alicyclic amines) is 1. The summed E-state index contributed by atoms with van der Waals surface area (Å²) in [6, 6.07) is 0.0713. The SMILES string of the molecule is CCNC(=O)N1CCC(NC(=O)C2C3CCC(C3)C2N)C1.Cl. The van der Waals surface area contributed by atoms with Crippen LogP contribution in [0.15, 0.2) is 0 Å². The van der Waals surface area contributed by atoms with E-state index in [1.807, 2.05) is 6.92 Å². The van der Waals surface area contributed by atoms with Gasteiger partial charge in [0, 0.05) is 31.7 Å². The average molecular weight is 331 g/mol. The number of rotatable bonds is 3. The van der Waals surface area contributed by atoms with Gasteiger partial charge in [-0.1, -0.05) is 0 Å². The molecule has 0 aromatic heterocycles. The van der Waals surface area contributed by atoms with E-state index in [4.69, 9.17) is 5.73 Å². The lowest BCUT2D eigenvalue weighted by Crippen LogP contribution is -2.49. The molecule has 5 unspecified atom stereocenters. The smallest absolute Gasteiger partial charge is 0.317 e. The van der Waals surface area contributed by atoms with Crippen molar-refractivity contribution < 1.29 is 9.59 Å². The minimum absolute atomic E-state index is 0. The van der Waals surface area contributed by atoms with Crippen molar-refractivity contribution in [1.82, 2.24) is 15.5 Å². The molecule has 3 amide bonds. The molecule has 2 saturated carbocycles. The number of carbonyl (C=O) groups is 2. The van der Waals surface area contributed by atoms with Gasteiger partial charge in [0.15, 0.2) is 0 Å². The largest absolute Gasteiger partial charge is 0.351 e. The molecule has 0 radical (unpaired) electrons. The van der Waals surface area contributed by atoms with E-state index in [9.17, 15) is 9.59 Å². The Hall–Kier alpha value is -1.01.